The van der Waals surface area contributed by atoms with Crippen LogP contribution in [0.3, 0.4) is 0 Å². The Labute approximate surface area is 165 Å². The monoisotopic (exact) mass is 432 g/mol. The van der Waals surface area contributed by atoms with Crippen LogP contribution in [0.15, 0.2) is 36.4 Å². The van der Waals surface area contributed by atoms with Crippen LogP contribution < -0.4 is 4.74 Å². The van der Waals surface area contributed by atoms with Gasteiger partial charge in [-0.05, 0) is 24.6 Å². The molecular weight excluding hydrogens is 422 g/mol. The lowest BCUT2D eigenvalue weighted by Gasteiger charge is -2.18. The Morgan fingerprint density at radius 1 is 0.897 bits per heavy atom. The fraction of sp³-hybridized carbons (Fsp3) is 0.158. The van der Waals surface area contributed by atoms with Gasteiger partial charge in [0.2, 0.25) is 5.88 Å². The van der Waals surface area contributed by atoms with E-state index in [0.717, 1.165) is 0 Å². The summed E-state index contributed by atoms with van der Waals surface area (Å²) >= 11 is 5.86. The molecular formula is C19H11ClF6N2O. The van der Waals surface area contributed by atoms with E-state index in [0.29, 0.717) is 22.7 Å². The van der Waals surface area contributed by atoms with Crippen LogP contribution in [-0.4, -0.2) is 23.0 Å². The average molecular weight is 433 g/mol. The fourth-order valence-electron chi connectivity index (χ4n) is 2.74. The molecule has 2 aromatic carbocycles. The highest BCUT2D eigenvalue weighted by Crippen LogP contribution is 2.42. The normalized spacial score (nSPS) is 11.6. The predicted molar refractivity (Wildman–Crippen MR) is 94.1 cm³/mol. The Morgan fingerprint density at radius 3 is 2.03 bits per heavy atom. The van der Waals surface area contributed by atoms with Crippen molar-refractivity contribution in [1.29, 1.82) is 0 Å². The second-order valence-electron chi connectivity index (χ2n) is 6.00. The third-order valence-corrected chi connectivity index (χ3v) is 4.13. The van der Waals surface area contributed by atoms with Crippen molar-refractivity contribution < 1.29 is 31.1 Å². The summed E-state index contributed by atoms with van der Waals surface area (Å²) in [4.78, 5) is 0. The number of nitrogens with zero attached hydrogens (tertiary/aromatic N) is 2. The van der Waals surface area contributed by atoms with Gasteiger partial charge in [0.25, 0.3) is 0 Å². The molecule has 0 fully saturated rings. The van der Waals surface area contributed by atoms with Crippen LogP contribution in [0.25, 0.3) is 22.3 Å². The number of ether oxygens (including phenoxy) is 1. The van der Waals surface area contributed by atoms with E-state index in [1.165, 1.54) is 31.2 Å². The Balaban J connectivity index is 2.32. The van der Waals surface area contributed by atoms with Gasteiger partial charge >= 0.3 is 6.18 Å². The topological polar surface area (TPSA) is 35.0 Å². The molecule has 0 N–H and O–H groups in total. The molecule has 3 rings (SSSR count). The number of alkyl halides is 3. The number of aryl methyl sites for hydroxylation is 1. The Kier molecular flexibility index (Phi) is 5.70. The maximum atomic E-state index is 14.5. The van der Waals surface area contributed by atoms with E-state index < -0.39 is 47.2 Å². The summed E-state index contributed by atoms with van der Waals surface area (Å²) in [6, 6.07) is 6.76. The molecule has 0 bridgehead atoms. The van der Waals surface area contributed by atoms with E-state index >= 15 is 0 Å². The van der Waals surface area contributed by atoms with Gasteiger partial charge in [-0.2, -0.15) is 18.3 Å². The first-order chi connectivity index (χ1) is 13.6. The standard InChI is InChI=1S/C19H11ClF6N2O/c1-9-15(10-2-4-11(20)5-3-10)17(16-13(22)6-12(21)7-14(16)23)18(28-27-9)29-8-19(24,25)26/h2-7H,8H2,1H3. The minimum Gasteiger partial charge on any atom is -0.466 e. The van der Waals surface area contributed by atoms with Crippen LogP contribution in [0, 0.1) is 24.4 Å². The van der Waals surface area contributed by atoms with Crippen molar-refractivity contribution in [3.63, 3.8) is 0 Å². The summed E-state index contributed by atoms with van der Waals surface area (Å²) in [5.74, 6) is -4.60. The second kappa shape index (κ2) is 7.90. The van der Waals surface area contributed by atoms with Crippen molar-refractivity contribution in [2.24, 2.45) is 0 Å². The predicted octanol–water partition coefficient (Wildman–Crippen LogP) is 6.13. The van der Waals surface area contributed by atoms with Gasteiger partial charge in [-0.3, -0.25) is 0 Å². The minimum atomic E-state index is -4.73. The zero-order valence-corrected chi connectivity index (χ0v) is 15.4. The molecule has 0 aliphatic heterocycles. The molecule has 0 radical (unpaired) electrons. The number of benzene rings is 2. The SMILES string of the molecule is Cc1nnc(OCC(F)(F)F)c(-c2c(F)cc(F)cc2F)c1-c1ccc(Cl)cc1. The van der Waals surface area contributed by atoms with Crippen molar-refractivity contribution in [1.82, 2.24) is 10.2 Å². The second-order valence-corrected chi connectivity index (χ2v) is 6.43. The van der Waals surface area contributed by atoms with E-state index in [4.69, 9.17) is 11.6 Å². The van der Waals surface area contributed by atoms with Crippen molar-refractivity contribution in [3.8, 4) is 28.1 Å². The first kappa shape index (κ1) is 20.9. The first-order valence-electron chi connectivity index (χ1n) is 8.04. The first-order valence-corrected chi connectivity index (χ1v) is 8.42. The van der Waals surface area contributed by atoms with Gasteiger partial charge in [0.1, 0.15) is 17.5 Å². The lowest BCUT2D eigenvalue weighted by Crippen LogP contribution is -2.20. The molecule has 3 aromatic rings. The van der Waals surface area contributed by atoms with E-state index in [2.05, 4.69) is 14.9 Å². The molecule has 3 nitrogen and oxygen atoms in total. The van der Waals surface area contributed by atoms with Gasteiger partial charge in [-0.25, -0.2) is 13.2 Å². The Bertz CT molecular complexity index is 1030. The molecule has 0 aliphatic rings. The zero-order valence-electron chi connectivity index (χ0n) is 14.6. The molecule has 0 saturated carbocycles. The Hall–Kier alpha value is -2.81. The van der Waals surface area contributed by atoms with E-state index in [1.807, 2.05) is 0 Å². The van der Waals surface area contributed by atoms with Crippen molar-refractivity contribution in [3.05, 3.63) is 64.6 Å². The van der Waals surface area contributed by atoms with Crippen LogP contribution >= 0.6 is 11.6 Å². The summed E-state index contributed by atoms with van der Waals surface area (Å²) < 4.78 is 85.0. The van der Waals surface area contributed by atoms with Crippen LogP contribution in [0.4, 0.5) is 26.3 Å². The fourth-order valence-corrected chi connectivity index (χ4v) is 2.87. The van der Waals surface area contributed by atoms with Gasteiger partial charge in [-0.15, -0.1) is 5.10 Å². The molecule has 1 heterocycles. The largest absolute Gasteiger partial charge is 0.466 e. The van der Waals surface area contributed by atoms with Gasteiger partial charge in [0.05, 0.1) is 16.8 Å². The molecule has 0 spiro atoms. The molecule has 0 saturated heterocycles. The summed E-state index contributed by atoms with van der Waals surface area (Å²) in [5, 5.41) is 7.65. The van der Waals surface area contributed by atoms with Crippen molar-refractivity contribution in [2.45, 2.75) is 13.1 Å². The smallest absolute Gasteiger partial charge is 0.422 e. The van der Waals surface area contributed by atoms with E-state index in [1.54, 1.807) is 0 Å². The summed E-state index contributed by atoms with van der Waals surface area (Å²) in [7, 11) is 0. The van der Waals surface area contributed by atoms with Gasteiger partial charge in [0, 0.05) is 22.7 Å². The molecule has 0 atom stereocenters. The minimum absolute atomic E-state index is 0.0678. The summed E-state index contributed by atoms with van der Waals surface area (Å²) in [6.07, 6.45) is -4.73. The summed E-state index contributed by atoms with van der Waals surface area (Å²) in [6.45, 7) is -0.310. The highest BCUT2D eigenvalue weighted by atomic mass is 35.5. The molecule has 0 amide bonds. The molecule has 0 unspecified atom stereocenters. The Morgan fingerprint density at radius 2 is 1.48 bits per heavy atom. The molecule has 29 heavy (non-hydrogen) atoms. The quantitative estimate of drug-likeness (QED) is 0.465. The molecule has 10 heteroatoms. The third kappa shape index (κ3) is 4.61. The van der Waals surface area contributed by atoms with Crippen molar-refractivity contribution in [2.75, 3.05) is 6.61 Å². The number of hydrogen-bond donors (Lipinski definition) is 0. The molecule has 0 aliphatic carbocycles. The van der Waals surface area contributed by atoms with Crippen LogP contribution in [0.5, 0.6) is 5.88 Å². The molecule has 1 aromatic heterocycles. The zero-order chi connectivity index (χ0) is 21.3. The van der Waals surface area contributed by atoms with Gasteiger partial charge < -0.3 is 4.74 Å². The number of aromatic nitrogens is 2. The van der Waals surface area contributed by atoms with E-state index in [9.17, 15) is 26.3 Å². The lowest BCUT2D eigenvalue weighted by molar-refractivity contribution is -0.154. The number of hydrogen-bond acceptors (Lipinski definition) is 3. The lowest BCUT2D eigenvalue weighted by atomic mass is 9.94. The maximum Gasteiger partial charge on any atom is 0.422 e. The van der Waals surface area contributed by atoms with Gasteiger partial charge in [-0.1, -0.05) is 23.7 Å². The van der Waals surface area contributed by atoms with Crippen LogP contribution in [0.2, 0.25) is 5.02 Å². The summed E-state index contributed by atoms with van der Waals surface area (Å²) in [5.41, 5.74) is -0.634. The average Bonchev–Trinajstić information content (AvgIpc) is 2.60. The maximum absolute atomic E-state index is 14.5. The molecule has 152 valence electrons. The van der Waals surface area contributed by atoms with Crippen LogP contribution in [-0.2, 0) is 0 Å². The van der Waals surface area contributed by atoms with E-state index in [-0.39, 0.29) is 11.3 Å². The van der Waals surface area contributed by atoms with Crippen LogP contribution in [0.1, 0.15) is 5.69 Å². The van der Waals surface area contributed by atoms with Crippen molar-refractivity contribution >= 4 is 11.6 Å². The number of rotatable bonds is 4. The highest BCUT2D eigenvalue weighted by Gasteiger charge is 2.31. The third-order valence-electron chi connectivity index (χ3n) is 3.88. The highest BCUT2D eigenvalue weighted by molar-refractivity contribution is 6.30. The van der Waals surface area contributed by atoms with Gasteiger partial charge in [0.15, 0.2) is 6.61 Å². The number of halogens is 7.